The summed E-state index contributed by atoms with van der Waals surface area (Å²) in [6.45, 7) is 3.43. The van der Waals surface area contributed by atoms with Crippen LogP contribution in [0.3, 0.4) is 0 Å². The summed E-state index contributed by atoms with van der Waals surface area (Å²) in [5.41, 5.74) is 0.766. The third-order valence-corrected chi connectivity index (χ3v) is 2.93. The fourth-order valence-corrected chi connectivity index (χ4v) is 1.79. The van der Waals surface area contributed by atoms with E-state index in [1.54, 1.807) is 13.8 Å². The maximum atomic E-state index is 12.0. The summed E-state index contributed by atoms with van der Waals surface area (Å²) in [5, 5.41) is 15.5. The van der Waals surface area contributed by atoms with Crippen molar-refractivity contribution in [3.8, 4) is 5.69 Å². The Kier molecular flexibility index (Phi) is 4.32. The molecule has 1 aromatic heterocycles. The van der Waals surface area contributed by atoms with E-state index >= 15 is 0 Å². The van der Waals surface area contributed by atoms with Crippen molar-refractivity contribution in [2.75, 3.05) is 0 Å². The number of hydrogen-bond acceptors (Lipinski definition) is 4. The highest BCUT2D eigenvalue weighted by Gasteiger charge is 2.25. The smallest absolute Gasteiger partial charge is 0.326 e. The normalized spacial score (nSPS) is 12.1. The number of hydrogen-bond donors (Lipinski definition) is 2. The molecule has 2 rings (SSSR count). The van der Waals surface area contributed by atoms with Gasteiger partial charge in [-0.25, -0.2) is 14.5 Å². The van der Waals surface area contributed by atoms with Gasteiger partial charge in [0.05, 0.1) is 5.69 Å². The van der Waals surface area contributed by atoms with Gasteiger partial charge in [-0.1, -0.05) is 32.0 Å². The summed E-state index contributed by atoms with van der Waals surface area (Å²) >= 11 is 0. The quantitative estimate of drug-likeness (QED) is 0.859. The number of carbonyl (C=O) groups is 2. The summed E-state index contributed by atoms with van der Waals surface area (Å²) in [6, 6.07) is 8.23. The maximum Gasteiger partial charge on any atom is 0.326 e. The molecule has 0 bridgehead atoms. The molecule has 0 aliphatic rings. The molecule has 1 atom stereocenters. The van der Waals surface area contributed by atoms with E-state index < -0.39 is 17.9 Å². The zero-order valence-corrected chi connectivity index (χ0v) is 11.7. The summed E-state index contributed by atoms with van der Waals surface area (Å²) in [6.07, 6.45) is 1.41. The second-order valence-electron chi connectivity index (χ2n) is 4.88. The average Bonchev–Trinajstić information content (AvgIpc) is 2.94. The van der Waals surface area contributed by atoms with Crippen LogP contribution in [-0.2, 0) is 4.79 Å². The van der Waals surface area contributed by atoms with Crippen LogP contribution in [-0.4, -0.2) is 37.8 Å². The number of nitrogens with one attached hydrogen (secondary N) is 1. The van der Waals surface area contributed by atoms with Gasteiger partial charge in [0.15, 0.2) is 0 Å². The molecule has 7 nitrogen and oxygen atoms in total. The summed E-state index contributed by atoms with van der Waals surface area (Å²) in [5.74, 6) is -1.99. The van der Waals surface area contributed by atoms with Gasteiger partial charge in [-0.2, -0.15) is 0 Å². The van der Waals surface area contributed by atoms with Crippen molar-refractivity contribution in [2.45, 2.75) is 19.9 Å². The third kappa shape index (κ3) is 3.44. The van der Waals surface area contributed by atoms with Gasteiger partial charge >= 0.3 is 5.97 Å². The molecular weight excluding hydrogens is 272 g/mol. The van der Waals surface area contributed by atoms with Crippen LogP contribution in [0.4, 0.5) is 0 Å². The van der Waals surface area contributed by atoms with Gasteiger partial charge in [-0.15, -0.1) is 5.10 Å². The van der Waals surface area contributed by atoms with E-state index in [-0.39, 0.29) is 11.7 Å². The molecular formula is C14H16N4O3. The van der Waals surface area contributed by atoms with Crippen LogP contribution in [0.5, 0.6) is 0 Å². The van der Waals surface area contributed by atoms with E-state index in [1.165, 1.54) is 11.0 Å². The first kappa shape index (κ1) is 14.7. The number of amides is 1. The van der Waals surface area contributed by atoms with Gasteiger partial charge < -0.3 is 10.4 Å². The van der Waals surface area contributed by atoms with Crippen LogP contribution in [0.25, 0.3) is 5.69 Å². The Hall–Kier alpha value is -2.70. The lowest BCUT2D eigenvalue weighted by atomic mass is 10.1. The Bertz CT molecular complexity index is 637. The van der Waals surface area contributed by atoms with Crippen molar-refractivity contribution in [3.63, 3.8) is 0 Å². The van der Waals surface area contributed by atoms with Gasteiger partial charge in [-0.05, 0) is 18.1 Å². The summed E-state index contributed by atoms with van der Waals surface area (Å²) < 4.78 is 1.46. The number of carboxylic acid groups (broad SMARTS) is 1. The van der Waals surface area contributed by atoms with Crippen molar-refractivity contribution in [3.05, 3.63) is 42.5 Å². The zero-order valence-electron chi connectivity index (χ0n) is 11.7. The Morgan fingerprint density at radius 1 is 1.24 bits per heavy atom. The van der Waals surface area contributed by atoms with Crippen molar-refractivity contribution in [1.82, 2.24) is 20.1 Å². The number of benzene rings is 1. The van der Waals surface area contributed by atoms with E-state index in [4.69, 9.17) is 5.11 Å². The average molecular weight is 288 g/mol. The van der Waals surface area contributed by atoms with Crippen LogP contribution in [0.1, 0.15) is 24.5 Å². The number of para-hydroxylation sites is 1. The number of rotatable bonds is 5. The van der Waals surface area contributed by atoms with Gasteiger partial charge in [0.1, 0.15) is 12.4 Å². The first-order chi connectivity index (χ1) is 9.99. The lowest BCUT2D eigenvalue weighted by molar-refractivity contribution is -0.140. The van der Waals surface area contributed by atoms with E-state index in [0.717, 1.165) is 5.69 Å². The molecule has 21 heavy (non-hydrogen) atoms. The first-order valence-corrected chi connectivity index (χ1v) is 6.50. The molecule has 0 saturated carbocycles. The van der Waals surface area contributed by atoms with E-state index in [1.807, 2.05) is 30.3 Å². The molecule has 2 N–H and O–H groups in total. The van der Waals surface area contributed by atoms with Crippen molar-refractivity contribution in [2.24, 2.45) is 5.92 Å². The second kappa shape index (κ2) is 6.17. The molecule has 0 saturated heterocycles. The van der Waals surface area contributed by atoms with Crippen LogP contribution in [0, 0.1) is 5.92 Å². The Morgan fingerprint density at radius 2 is 1.90 bits per heavy atom. The van der Waals surface area contributed by atoms with Crippen LogP contribution < -0.4 is 5.32 Å². The number of aromatic nitrogens is 3. The molecule has 0 fully saturated rings. The standard InChI is InChI=1S/C14H16N4O3/c1-9(2)11(14(20)21)16-13(19)12-15-8-18(17-12)10-6-4-3-5-7-10/h3-9,11H,1-2H3,(H,16,19)(H,20,21). The summed E-state index contributed by atoms with van der Waals surface area (Å²) in [4.78, 5) is 27.0. The molecule has 0 spiro atoms. The monoisotopic (exact) mass is 288 g/mol. The number of aliphatic carboxylic acids is 1. The lowest BCUT2D eigenvalue weighted by Gasteiger charge is -2.16. The van der Waals surface area contributed by atoms with Crippen LogP contribution in [0.15, 0.2) is 36.7 Å². The fraction of sp³-hybridized carbons (Fsp3) is 0.286. The van der Waals surface area contributed by atoms with Gasteiger partial charge in [0, 0.05) is 0 Å². The molecule has 1 unspecified atom stereocenters. The molecule has 110 valence electrons. The minimum absolute atomic E-state index is 0.0641. The minimum atomic E-state index is -1.08. The number of carbonyl (C=O) groups excluding carboxylic acids is 1. The third-order valence-electron chi connectivity index (χ3n) is 2.93. The molecule has 0 aliphatic carbocycles. The number of carboxylic acids is 1. The molecule has 1 heterocycles. The van der Waals surface area contributed by atoms with Crippen molar-refractivity contribution < 1.29 is 14.7 Å². The Balaban J connectivity index is 2.14. The number of nitrogens with zero attached hydrogens (tertiary/aromatic N) is 3. The topological polar surface area (TPSA) is 97.1 Å². The minimum Gasteiger partial charge on any atom is -0.480 e. The van der Waals surface area contributed by atoms with Crippen LogP contribution >= 0.6 is 0 Å². The predicted molar refractivity (Wildman–Crippen MR) is 75.1 cm³/mol. The highest BCUT2D eigenvalue weighted by atomic mass is 16.4. The second-order valence-corrected chi connectivity index (χ2v) is 4.88. The Labute approximate surface area is 121 Å². The van der Waals surface area contributed by atoms with Crippen LogP contribution in [0.2, 0.25) is 0 Å². The highest BCUT2D eigenvalue weighted by molar-refractivity contribution is 5.93. The zero-order chi connectivity index (χ0) is 15.4. The van der Waals surface area contributed by atoms with E-state index in [2.05, 4.69) is 15.4 Å². The van der Waals surface area contributed by atoms with Gasteiger partial charge in [-0.3, -0.25) is 4.79 Å². The SMILES string of the molecule is CC(C)C(NC(=O)c1ncn(-c2ccccc2)n1)C(=O)O. The maximum absolute atomic E-state index is 12.0. The molecule has 1 amide bonds. The molecule has 0 radical (unpaired) electrons. The molecule has 2 aromatic rings. The largest absolute Gasteiger partial charge is 0.480 e. The Morgan fingerprint density at radius 3 is 2.48 bits per heavy atom. The van der Waals surface area contributed by atoms with E-state index in [9.17, 15) is 9.59 Å². The lowest BCUT2D eigenvalue weighted by Crippen LogP contribution is -2.44. The molecule has 1 aromatic carbocycles. The van der Waals surface area contributed by atoms with Crippen molar-refractivity contribution >= 4 is 11.9 Å². The summed E-state index contributed by atoms with van der Waals surface area (Å²) in [7, 11) is 0. The van der Waals surface area contributed by atoms with Gasteiger partial charge in [0.25, 0.3) is 5.91 Å². The van der Waals surface area contributed by atoms with Crippen molar-refractivity contribution in [1.29, 1.82) is 0 Å². The first-order valence-electron chi connectivity index (χ1n) is 6.50. The predicted octanol–water partition coefficient (Wildman–Crippen LogP) is 1.11. The molecule has 0 aliphatic heterocycles. The highest BCUT2D eigenvalue weighted by Crippen LogP contribution is 2.06. The fourth-order valence-electron chi connectivity index (χ4n) is 1.79. The molecule has 7 heteroatoms. The van der Waals surface area contributed by atoms with E-state index in [0.29, 0.717) is 0 Å². The van der Waals surface area contributed by atoms with Gasteiger partial charge in [0.2, 0.25) is 5.82 Å².